The minimum atomic E-state index is 0.502. The van der Waals surface area contributed by atoms with E-state index in [1.54, 1.807) is 7.11 Å². The Labute approximate surface area is 131 Å². The van der Waals surface area contributed by atoms with E-state index in [0.29, 0.717) is 11.6 Å². The quantitative estimate of drug-likeness (QED) is 0.805. The highest BCUT2D eigenvalue weighted by Gasteiger charge is 2.01. The molecule has 0 radical (unpaired) electrons. The van der Waals surface area contributed by atoms with Crippen LogP contribution in [0.5, 0.6) is 5.75 Å². The van der Waals surface area contributed by atoms with Crippen LogP contribution in [0.15, 0.2) is 54.2 Å². The van der Waals surface area contributed by atoms with Crippen LogP contribution in [0.1, 0.15) is 30.9 Å². The van der Waals surface area contributed by atoms with E-state index in [-0.39, 0.29) is 0 Å². The van der Waals surface area contributed by atoms with Gasteiger partial charge in [0, 0.05) is 5.69 Å². The highest BCUT2D eigenvalue weighted by Crippen LogP contribution is 2.19. The molecular weight excluding hydrogens is 272 g/mol. The number of rotatable bonds is 5. The fraction of sp³-hybridized carbons (Fsp3) is 0.211. The second-order valence-electron chi connectivity index (χ2n) is 5.34. The number of allylic oxidation sites excluding steroid dienone is 1. The van der Waals surface area contributed by atoms with Gasteiger partial charge in [-0.05, 0) is 47.4 Å². The molecule has 0 aromatic heterocycles. The zero-order valence-electron chi connectivity index (χ0n) is 13.1. The van der Waals surface area contributed by atoms with Gasteiger partial charge in [-0.25, -0.2) is 0 Å². The van der Waals surface area contributed by atoms with Gasteiger partial charge in [0.2, 0.25) is 0 Å². The SMILES string of the molecule is COc1ccc(NC(C#N)=Cc2ccc(C(C)C)cc2)cc1. The lowest BCUT2D eigenvalue weighted by molar-refractivity contribution is 0.415. The van der Waals surface area contributed by atoms with Crippen molar-refractivity contribution in [1.29, 1.82) is 5.26 Å². The number of nitriles is 1. The van der Waals surface area contributed by atoms with Crippen molar-refractivity contribution < 1.29 is 4.74 Å². The smallest absolute Gasteiger partial charge is 0.119 e. The van der Waals surface area contributed by atoms with Gasteiger partial charge >= 0.3 is 0 Å². The van der Waals surface area contributed by atoms with E-state index >= 15 is 0 Å². The number of methoxy groups -OCH3 is 1. The maximum Gasteiger partial charge on any atom is 0.119 e. The first-order valence-corrected chi connectivity index (χ1v) is 7.25. The Balaban J connectivity index is 2.14. The first-order valence-electron chi connectivity index (χ1n) is 7.25. The van der Waals surface area contributed by atoms with E-state index in [1.165, 1.54) is 5.56 Å². The highest BCUT2D eigenvalue weighted by molar-refractivity contribution is 5.64. The molecule has 0 amide bonds. The van der Waals surface area contributed by atoms with Crippen LogP contribution < -0.4 is 10.1 Å². The van der Waals surface area contributed by atoms with Gasteiger partial charge in [-0.2, -0.15) is 5.26 Å². The van der Waals surface area contributed by atoms with Crippen LogP contribution in [0.25, 0.3) is 6.08 Å². The van der Waals surface area contributed by atoms with Crippen molar-refractivity contribution in [1.82, 2.24) is 0 Å². The molecule has 2 rings (SSSR count). The van der Waals surface area contributed by atoms with Gasteiger partial charge in [-0.1, -0.05) is 38.1 Å². The average Bonchev–Trinajstić information content (AvgIpc) is 2.55. The second kappa shape index (κ2) is 7.33. The Morgan fingerprint density at radius 3 is 2.23 bits per heavy atom. The van der Waals surface area contributed by atoms with Crippen molar-refractivity contribution in [3.8, 4) is 11.8 Å². The van der Waals surface area contributed by atoms with Crippen LogP contribution >= 0.6 is 0 Å². The van der Waals surface area contributed by atoms with E-state index in [0.717, 1.165) is 17.0 Å². The third-order valence-corrected chi connectivity index (χ3v) is 3.40. The molecule has 0 unspecified atom stereocenters. The molecule has 0 heterocycles. The molecule has 0 aliphatic heterocycles. The van der Waals surface area contributed by atoms with Gasteiger partial charge in [-0.15, -0.1) is 0 Å². The topological polar surface area (TPSA) is 45.0 Å². The second-order valence-corrected chi connectivity index (χ2v) is 5.34. The molecular formula is C19H20N2O. The van der Waals surface area contributed by atoms with Crippen LogP contribution in [0.3, 0.4) is 0 Å². The van der Waals surface area contributed by atoms with Crippen molar-refractivity contribution in [3.63, 3.8) is 0 Å². The fourth-order valence-corrected chi connectivity index (χ4v) is 2.07. The van der Waals surface area contributed by atoms with Gasteiger partial charge in [0.25, 0.3) is 0 Å². The molecule has 0 bridgehead atoms. The predicted octanol–water partition coefficient (Wildman–Crippen LogP) is 4.80. The van der Waals surface area contributed by atoms with E-state index in [1.807, 2.05) is 42.5 Å². The number of anilines is 1. The van der Waals surface area contributed by atoms with Crippen LogP contribution in [-0.4, -0.2) is 7.11 Å². The summed E-state index contributed by atoms with van der Waals surface area (Å²) < 4.78 is 5.12. The summed E-state index contributed by atoms with van der Waals surface area (Å²) in [5.41, 5.74) is 3.65. The van der Waals surface area contributed by atoms with Crippen molar-refractivity contribution in [2.75, 3.05) is 12.4 Å². The average molecular weight is 292 g/mol. The maximum atomic E-state index is 9.29. The van der Waals surface area contributed by atoms with Gasteiger partial charge in [0.05, 0.1) is 7.11 Å². The number of ether oxygens (including phenoxy) is 1. The molecule has 2 aromatic carbocycles. The molecule has 0 fully saturated rings. The van der Waals surface area contributed by atoms with Crippen molar-refractivity contribution in [3.05, 3.63) is 65.4 Å². The molecule has 0 saturated carbocycles. The minimum absolute atomic E-state index is 0.502. The minimum Gasteiger partial charge on any atom is -0.497 e. The predicted molar refractivity (Wildman–Crippen MR) is 90.7 cm³/mol. The summed E-state index contributed by atoms with van der Waals surface area (Å²) in [6, 6.07) is 17.9. The zero-order valence-corrected chi connectivity index (χ0v) is 13.1. The van der Waals surface area contributed by atoms with Crippen molar-refractivity contribution in [2.45, 2.75) is 19.8 Å². The standard InChI is InChI=1S/C19H20N2O/c1-14(2)16-6-4-15(5-7-16)12-18(13-20)21-17-8-10-19(22-3)11-9-17/h4-12,14,21H,1-3H3. The number of nitrogens with zero attached hydrogens (tertiary/aromatic N) is 1. The van der Waals surface area contributed by atoms with Gasteiger partial charge in [0.1, 0.15) is 17.5 Å². The summed E-state index contributed by atoms with van der Waals surface area (Å²) in [6.07, 6.45) is 1.84. The third-order valence-electron chi connectivity index (χ3n) is 3.40. The van der Waals surface area contributed by atoms with E-state index in [4.69, 9.17) is 4.74 Å². The summed E-state index contributed by atoms with van der Waals surface area (Å²) in [7, 11) is 1.63. The van der Waals surface area contributed by atoms with Crippen molar-refractivity contribution >= 4 is 11.8 Å². The molecule has 0 aliphatic carbocycles. The Hall–Kier alpha value is -2.73. The summed E-state index contributed by atoms with van der Waals surface area (Å²) in [6.45, 7) is 4.33. The van der Waals surface area contributed by atoms with Crippen LogP contribution in [0.4, 0.5) is 5.69 Å². The number of hydrogen-bond acceptors (Lipinski definition) is 3. The summed E-state index contributed by atoms with van der Waals surface area (Å²) in [5.74, 6) is 1.29. The zero-order chi connectivity index (χ0) is 15.9. The van der Waals surface area contributed by atoms with Crippen LogP contribution in [0.2, 0.25) is 0 Å². The number of hydrogen-bond donors (Lipinski definition) is 1. The summed E-state index contributed by atoms with van der Waals surface area (Å²) in [5, 5.41) is 12.4. The van der Waals surface area contributed by atoms with Crippen LogP contribution in [-0.2, 0) is 0 Å². The van der Waals surface area contributed by atoms with E-state index in [2.05, 4.69) is 37.4 Å². The largest absolute Gasteiger partial charge is 0.497 e. The first-order chi connectivity index (χ1) is 10.6. The molecule has 112 valence electrons. The Morgan fingerprint density at radius 2 is 1.73 bits per heavy atom. The monoisotopic (exact) mass is 292 g/mol. The first kappa shape index (κ1) is 15.7. The Morgan fingerprint density at radius 1 is 1.09 bits per heavy atom. The van der Waals surface area contributed by atoms with Gasteiger partial charge in [-0.3, -0.25) is 0 Å². The fourth-order valence-electron chi connectivity index (χ4n) is 2.07. The summed E-state index contributed by atoms with van der Waals surface area (Å²) in [4.78, 5) is 0. The molecule has 0 aliphatic rings. The van der Waals surface area contributed by atoms with E-state index < -0.39 is 0 Å². The maximum absolute atomic E-state index is 9.29. The molecule has 0 saturated heterocycles. The number of nitrogens with one attached hydrogen (secondary N) is 1. The van der Waals surface area contributed by atoms with Crippen molar-refractivity contribution in [2.24, 2.45) is 0 Å². The molecule has 22 heavy (non-hydrogen) atoms. The van der Waals surface area contributed by atoms with Gasteiger partial charge in [0.15, 0.2) is 0 Å². The van der Waals surface area contributed by atoms with E-state index in [9.17, 15) is 5.26 Å². The summed E-state index contributed by atoms with van der Waals surface area (Å²) >= 11 is 0. The van der Waals surface area contributed by atoms with Gasteiger partial charge < -0.3 is 10.1 Å². The normalized spacial score (nSPS) is 11.1. The molecule has 1 N–H and O–H groups in total. The third kappa shape index (κ3) is 4.13. The molecule has 3 nitrogen and oxygen atoms in total. The molecule has 3 heteroatoms. The lowest BCUT2D eigenvalue weighted by Gasteiger charge is -2.07. The lowest BCUT2D eigenvalue weighted by atomic mass is 10.0. The highest BCUT2D eigenvalue weighted by atomic mass is 16.5. The molecule has 0 atom stereocenters. The Bertz CT molecular complexity index is 677. The van der Waals surface area contributed by atoms with Crippen LogP contribution in [0, 0.1) is 11.3 Å². The number of benzene rings is 2. The Kier molecular flexibility index (Phi) is 5.21. The molecule has 2 aromatic rings. The molecule has 0 spiro atoms. The lowest BCUT2D eigenvalue weighted by Crippen LogP contribution is -1.97.